The smallest absolute Gasteiger partial charge is 0.305 e. The van der Waals surface area contributed by atoms with Crippen LogP contribution in [-0.4, -0.2) is 17.6 Å². The lowest BCUT2D eigenvalue weighted by Crippen LogP contribution is -2.07. The summed E-state index contributed by atoms with van der Waals surface area (Å²) in [4.78, 5) is 10.1. The molecule has 0 aliphatic rings. The van der Waals surface area contributed by atoms with Crippen molar-refractivity contribution < 1.29 is 9.90 Å². The summed E-state index contributed by atoms with van der Waals surface area (Å²) in [5.41, 5.74) is 0.926. The van der Waals surface area contributed by atoms with Gasteiger partial charge >= 0.3 is 5.97 Å². The van der Waals surface area contributed by atoms with Gasteiger partial charge in [-0.05, 0) is 18.2 Å². The minimum Gasteiger partial charge on any atom is -0.481 e. The average Bonchev–Trinajstić information content (AvgIpc) is 2.05. The summed E-state index contributed by atoms with van der Waals surface area (Å²) < 4.78 is 0. The van der Waals surface area contributed by atoms with E-state index in [4.69, 9.17) is 5.11 Å². The Labute approximate surface area is 71.0 Å². The molecule has 0 heterocycles. The van der Waals surface area contributed by atoms with Crippen LogP contribution in [0.2, 0.25) is 0 Å². The summed E-state index contributed by atoms with van der Waals surface area (Å²) >= 11 is 0. The highest BCUT2D eigenvalue weighted by atomic mass is 16.4. The lowest BCUT2D eigenvalue weighted by Gasteiger charge is -2.02. The molecule has 3 heteroatoms. The average molecular weight is 164 g/mol. The Morgan fingerprint density at radius 1 is 1.50 bits per heavy atom. The molecule has 3 nitrogen and oxygen atoms in total. The number of hydrogen-bond acceptors (Lipinski definition) is 2. The van der Waals surface area contributed by atoms with Gasteiger partial charge in [-0.25, -0.2) is 0 Å². The maximum absolute atomic E-state index is 10.1. The Bertz CT molecular complexity index is 246. The standard InChI is InChI=1S/C9H10NO2/c11-9(12)6-7-10-8-4-2-1-3-5-8/h2-5,10H,6-7H2,(H,11,12). The van der Waals surface area contributed by atoms with Gasteiger partial charge in [0.15, 0.2) is 0 Å². The molecule has 0 saturated heterocycles. The molecule has 0 unspecified atom stereocenters. The van der Waals surface area contributed by atoms with E-state index in [2.05, 4.69) is 11.4 Å². The second kappa shape index (κ2) is 4.38. The highest BCUT2D eigenvalue weighted by Gasteiger charge is 1.94. The van der Waals surface area contributed by atoms with Crippen molar-refractivity contribution in [3.05, 3.63) is 30.3 Å². The molecular weight excluding hydrogens is 154 g/mol. The summed E-state index contributed by atoms with van der Waals surface area (Å²) in [5.74, 6) is -0.787. The van der Waals surface area contributed by atoms with E-state index in [-0.39, 0.29) is 6.42 Å². The number of nitrogens with one attached hydrogen (secondary N) is 1. The van der Waals surface area contributed by atoms with E-state index < -0.39 is 5.97 Å². The minimum absolute atomic E-state index is 0.138. The van der Waals surface area contributed by atoms with E-state index in [1.54, 1.807) is 12.1 Å². The Kier molecular flexibility index (Phi) is 3.14. The lowest BCUT2D eigenvalue weighted by molar-refractivity contribution is -0.136. The molecule has 12 heavy (non-hydrogen) atoms. The predicted octanol–water partition coefficient (Wildman–Crippen LogP) is 1.37. The van der Waals surface area contributed by atoms with Crippen LogP contribution in [0.4, 0.5) is 5.69 Å². The van der Waals surface area contributed by atoms with E-state index >= 15 is 0 Å². The predicted molar refractivity (Wildman–Crippen MR) is 46.0 cm³/mol. The minimum atomic E-state index is -0.787. The first kappa shape index (κ1) is 8.59. The van der Waals surface area contributed by atoms with Crippen molar-refractivity contribution >= 4 is 11.7 Å². The van der Waals surface area contributed by atoms with Crippen molar-refractivity contribution in [3.8, 4) is 0 Å². The fourth-order valence-corrected chi connectivity index (χ4v) is 0.819. The van der Waals surface area contributed by atoms with Crippen LogP contribution in [0.15, 0.2) is 24.3 Å². The number of hydrogen-bond donors (Lipinski definition) is 2. The molecular formula is C9H10NO2. The number of rotatable bonds is 4. The molecule has 0 bridgehead atoms. The van der Waals surface area contributed by atoms with Crippen molar-refractivity contribution in [2.24, 2.45) is 0 Å². The van der Waals surface area contributed by atoms with Crippen molar-refractivity contribution in [3.63, 3.8) is 0 Å². The Morgan fingerprint density at radius 3 is 2.75 bits per heavy atom. The zero-order chi connectivity index (χ0) is 8.81. The van der Waals surface area contributed by atoms with Crippen LogP contribution in [0, 0.1) is 6.07 Å². The fourth-order valence-electron chi connectivity index (χ4n) is 0.819. The maximum atomic E-state index is 10.1. The summed E-state index contributed by atoms with van der Waals surface area (Å²) in [6.45, 7) is 0.458. The van der Waals surface area contributed by atoms with Gasteiger partial charge < -0.3 is 10.4 Å². The quantitative estimate of drug-likeness (QED) is 0.706. The van der Waals surface area contributed by atoms with Crippen LogP contribution in [-0.2, 0) is 4.79 Å². The second-order valence-corrected chi connectivity index (χ2v) is 2.36. The molecule has 63 valence electrons. The van der Waals surface area contributed by atoms with Crippen LogP contribution in [0.3, 0.4) is 0 Å². The number of aliphatic carboxylic acids is 1. The first-order valence-electron chi connectivity index (χ1n) is 3.71. The zero-order valence-corrected chi connectivity index (χ0v) is 6.58. The highest BCUT2D eigenvalue weighted by Crippen LogP contribution is 2.03. The van der Waals surface area contributed by atoms with Gasteiger partial charge in [0, 0.05) is 12.2 Å². The molecule has 0 fully saturated rings. The third kappa shape index (κ3) is 3.05. The van der Waals surface area contributed by atoms with E-state index in [9.17, 15) is 4.79 Å². The van der Waals surface area contributed by atoms with Gasteiger partial charge in [-0.15, -0.1) is 0 Å². The third-order valence-corrected chi connectivity index (χ3v) is 1.39. The van der Waals surface area contributed by atoms with Gasteiger partial charge in [0.1, 0.15) is 0 Å². The molecule has 0 atom stereocenters. The summed E-state index contributed by atoms with van der Waals surface area (Å²) in [5, 5.41) is 11.3. The van der Waals surface area contributed by atoms with Gasteiger partial charge in [-0.1, -0.05) is 12.1 Å². The molecule has 0 saturated carbocycles. The maximum Gasteiger partial charge on any atom is 0.305 e. The van der Waals surface area contributed by atoms with E-state index in [1.807, 2.05) is 12.1 Å². The van der Waals surface area contributed by atoms with E-state index in [0.717, 1.165) is 5.69 Å². The molecule has 1 rings (SSSR count). The molecule has 1 radical (unpaired) electrons. The molecule has 1 aromatic carbocycles. The first-order chi connectivity index (χ1) is 5.79. The molecule has 1 aromatic rings. The second-order valence-electron chi connectivity index (χ2n) is 2.36. The van der Waals surface area contributed by atoms with Crippen LogP contribution < -0.4 is 5.32 Å². The number of anilines is 1. The molecule has 0 amide bonds. The largest absolute Gasteiger partial charge is 0.481 e. The van der Waals surface area contributed by atoms with Gasteiger partial charge in [0.2, 0.25) is 0 Å². The third-order valence-electron chi connectivity index (χ3n) is 1.39. The van der Waals surface area contributed by atoms with Crippen LogP contribution in [0.25, 0.3) is 0 Å². The number of carboxylic acid groups (broad SMARTS) is 1. The molecule has 0 spiro atoms. The van der Waals surface area contributed by atoms with Gasteiger partial charge in [-0.2, -0.15) is 0 Å². The van der Waals surface area contributed by atoms with Crippen molar-refractivity contribution in [2.45, 2.75) is 6.42 Å². The van der Waals surface area contributed by atoms with Gasteiger partial charge in [-0.3, -0.25) is 4.79 Å². The van der Waals surface area contributed by atoms with E-state index in [1.165, 1.54) is 0 Å². The summed E-state index contributed by atoms with van der Waals surface area (Å²) in [6.07, 6.45) is 0.138. The topological polar surface area (TPSA) is 49.3 Å². The molecule has 0 aliphatic heterocycles. The van der Waals surface area contributed by atoms with Crippen molar-refractivity contribution in [2.75, 3.05) is 11.9 Å². The number of carboxylic acids is 1. The number of benzene rings is 1. The Hall–Kier alpha value is -1.51. The van der Waals surface area contributed by atoms with Gasteiger partial charge in [0.05, 0.1) is 6.42 Å². The van der Waals surface area contributed by atoms with Crippen LogP contribution >= 0.6 is 0 Å². The monoisotopic (exact) mass is 164 g/mol. The highest BCUT2D eigenvalue weighted by molar-refractivity contribution is 5.67. The molecule has 0 aliphatic carbocycles. The molecule has 0 aromatic heterocycles. The normalized spacial score (nSPS) is 9.33. The zero-order valence-electron chi connectivity index (χ0n) is 6.58. The van der Waals surface area contributed by atoms with Crippen LogP contribution in [0.1, 0.15) is 6.42 Å². The van der Waals surface area contributed by atoms with Crippen molar-refractivity contribution in [1.82, 2.24) is 0 Å². The van der Waals surface area contributed by atoms with Crippen LogP contribution in [0.5, 0.6) is 0 Å². The first-order valence-corrected chi connectivity index (χ1v) is 3.71. The fraction of sp³-hybridized carbons (Fsp3) is 0.222. The summed E-state index contributed by atoms with van der Waals surface area (Å²) in [6, 6.07) is 10.1. The van der Waals surface area contributed by atoms with Crippen molar-refractivity contribution in [1.29, 1.82) is 0 Å². The SMILES string of the molecule is O=C(O)CCNc1cc[c]cc1. The van der Waals surface area contributed by atoms with E-state index in [0.29, 0.717) is 6.54 Å². The molecule has 2 N–H and O–H groups in total. The Balaban J connectivity index is 2.29. The number of carbonyl (C=O) groups is 1. The summed E-state index contributed by atoms with van der Waals surface area (Å²) in [7, 11) is 0. The van der Waals surface area contributed by atoms with Gasteiger partial charge in [0.25, 0.3) is 0 Å². The Morgan fingerprint density at radius 2 is 2.17 bits per heavy atom. The lowest BCUT2D eigenvalue weighted by atomic mass is 10.3.